The second-order valence-corrected chi connectivity index (χ2v) is 5.95. The summed E-state index contributed by atoms with van der Waals surface area (Å²) >= 11 is 0. The molecule has 25 heavy (non-hydrogen) atoms. The molecule has 0 heterocycles. The van der Waals surface area contributed by atoms with Crippen LogP contribution in [0.1, 0.15) is 33.4 Å². The maximum Gasteiger partial charge on any atom is -0.00991 e. The molecular formula is C25H30. The third-order valence-electron chi connectivity index (χ3n) is 4.57. The van der Waals surface area contributed by atoms with Gasteiger partial charge in [0, 0.05) is 0 Å². The van der Waals surface area contributed by atoms with E-state index in [2.05, 4.69) is 86.6 Å². The van der Waals surface area contributed by atoms with Crippen LogP contribution in [0.2, 0.25) is 0 Å². The summed E-state index contributed by atoms with van der Waals surface area (Å²) in [5.74, 6) is 0. The van der Waals surface area contributed by atoms with Crippen molar-refractivity contribution in [2.75, 3.05) is 0 Å². The molecule has 4 rings (SSSR count). The zero-order chi connectivity index (χ0) is 15.1. The van der Waals surface area contributed by atoms with E-state index in [-0.39, 0.29) is 22.3 Å². The summed E-state index contributed by atoms with van der Waals surface area (Å²) in [5.41, 5.74) is 5.29. The Kier molecular flexibility index (Phi) is 6.53. The third kappa shape index (κ3) is 3.30. The van der Waals surface area contributed by atoms with E-state index >= 15 is 0 Å². The van der Waals surface area contributed by atoms with Crippen LogP contribution in [0.15, 0.2) is 72.8 Å². The first-order valence-corrected chi connectivity index (χ1v) is 7.73. The van der Waals surface area contributed by atoms with Crippen LogP contribution in [0.25, 0.3) is 32.7 Å². The van der Waals surface area contributed by atoms with E-state index in [9.17, 15) is 0 Å². The predicted octanol–water partition coefficient (Wildman–Crippen LogP) is 8.19. The highest BCUT2D eigenvalue weighted by molar-refractivity contribution is 6.06. The molecule has 4 aromatic rings. The summed E-state index contributed by atoms with van der Waals surface area (Å²) in [7, 11) is 0. The molecule has 0 bridgehead atoms. The van der Waals surface area contributed by atoms with Gasteiger partial charge in [0.2, 0.25) is 0 Å². The normalized spacial score (nSPS) is 9.84. The molecule has 130 valence electrons. The summed E-state index contributed by atoms with van der Waals surface area (Å²) < 4.78 is 0. The molecule has 0 aromatic heterocycles. The first kappa shape index (κ1) is 20.4. The van der Waals surface area contributed by atoms with Gasteiger partial charge in [-0.15, -0.1) is 0 Å². The largest absolute Gasteiger partial charge is 0.0776 e. The number of benzene rings is 4. The summed E-state index contributed by atoms with van der Waals surface area (Å²) in [5, 5.41) is 5.34. The van der Waals surface area contributed by atoms with Crippen LogP contribution >= 0.6 is 0 Å². The van der Waals surface area contributed by atoms with Crippen molar-refractivity contribution >= 4 is 21.5 Å². The second-order valence-electron chi connectivity index (χ2n) is 5.95. The molecule has 0 aliphatic carbocycles. The highest BCUT2D eigenvalue weighted by Gasteiger charge is 2.08. The van der Waals surface area contributed by atoms with Gasteiger partial charge in [0.15, 0.2) is 0 Å². The number of rotatable bonds is 1. The van der Waals surface area contributed by atoms with Crippen molar-refractivity contribution in [1.29, 1.82) is 0 Å². The molecule has 0 nitrogen and oxygen atoms in total. The number of fused-ring (bicyclic) bond motifs is 2. The van der Waals surface area contributed by atoms with E-state index in [1.807, 2.05) is 0 Å². The Bertz CT molecular complexity index is 910. The molecule has 0 saturated carbocycles. The monoisotopic (exact) mass is 330 g/mol. The summed E-state index contributed by atoms with van der Waals surface area (Å²) in [6.07, 6.45) is 0. The molecule has 0 fully saturated rings. The maximum atomic E-state index is 2.24. The Morgan fingerprint density at radius 1 is 0.400 bits per heavy atom. The zero-order valence-electron chi connectivity index (χ0n) is 12.9. The lowest BCUT2D eigenvalue weighted by molar-refractivity contribution is 1.52. The molecule has 0 atom stereocenters. The van der Waals surface area contributed by atoms with Gasteiger partial charge in [0.05, 0.1) is 0 Å². The van der Waals surface area contributed by atoms with Crippen LogP contribution in [0.4, 0.5) is 0 Å². The van der Waals surface area contributed by atoms with E-state index in [0.29, 0.717) is 0 Å². The Morgan fingerprint density at radius 2 is 0.720 bits per heavy atom. The van der Waals surface area contributed by atoms with Crippen LogP contribution in [-0.2, 0) is 0 Å². The van der Waals surface area contributed by atoms with Gasteiger partial charge in [-0.05, 0) is 57.6 Å². The zero-order valence-corrected chi connectivity index (χ0v) is 12.9. The van der Waals surface area contributed by atoms with Gasteiger partial charge in [-0.25, -0.2) is 0 Å². The van der Waals surface area contributed by atoms with Crippen LogP contribution in [-0.4, -0.2) is 0 Å². The minimum atomic E-state index is 0. The fourth-order valence-electron chi connectivity index (χ4n) is 3.40. The third-order valence-corrected chi connectivity index (χ3v) is 4.57. The lowest BCUT2D eigenvalue weighted by Crippen LogP contribution is -1.86. The van der Waals surface area contributed by atoms with Crippen molar-refractivity contribution in [2.24, 2.45) is 0 Å². The van der Waals surface area contributed by atoms with Crippen LogP contribution in [0.5, 0.6) is 0 Å². The minimum absolute atomic E-state index is 0. The average Bonchev–Trinajstić information content (AvgIpc) is 2.55. The van der Waals surface area contributed by atoms with E-state index in [0.717, 1.165) is 0 Å². The Hall–Kier alpha value is -2.60. The van der Waals surface area contributed by atoms with Crippen LogP contribution < -0.4 is 0 Å². The standard InChI is InChI=1S/C22H18.3CH4/c1-15-7-3-11-19-17(15)9-5-13-21(19)22-14-6-10-18-16(2)8-4-12-20(18)22;;;/h3-14H,1-2H3;3*1H4. The highest BCUT2D eigenvalue weighted by atomic mass is 14.1. The number of hydrogen-bond donors (Lipinski definition) is 0. The molecule has 0 amide bonds. The smallest absolute Gasteiger partial charge is 0.00991 e. The summed E-state index contributed by atoms with van der Waals surface area (Å²) in [6, 6.07) is 26.3. The van der Waals surface area contributed by atoms with Crippen molar-refractivity contribution in [2.45, 2.75) is 36.1 Å². The molecule has 0 unspecified atom stereocenters. The summed E-state index contributed by atoms with van der Waals surface area (Å²) in [4.78, 5) is 0. The molecule has 0 saturated heterocycles. The Balaban J connectivity index is 0.00000104. The lowest BCUT2D eigenvalue weighted by atomic mass is 9.92. The first-order chi connectivity index (χ1) is 10.8. The lowest BCUT2D eigenvalue weighted by Gasteiger charge is -2.12. The van der Waals surface area contributed by atoms with E-state index in [4.69, 9.17) is 0 Å². The molecular weight excluding hydrogens is 300 g/mol. The molecule has 0 aliphatic rings. The topological polar surface area (TPSA) is 0 Å². The Labute approximate surface area is 153 Å². The van der Waals surface area contributed by atoms with E-state index < -0.39 is 0 Å². The molecule has 0 N–H and O–H groups in total. The molecule has 0 aliphatic heterocycles. The van der Waals surface area contributed by atoms with Gasteiger partial charge in [0.25, 0.3) is 0 Å². The van der Waals surface area contributed by atoms with Gasteiger partial charge in [-0.2, -0.15) is 0 Å². The fraction of sp³-hybridized carbons (Fsp3) is 0.200. The van der Waals surface area contributed by atoms with Crippen LogP contribution in [0.3, 0.4) is 0 Å². The van der Waals surface area contributed by atoms with Gasteiger partial charge >= 0.3 is 0 Å². The number of aryl methyl sites for hydroxylation is 2. The van der Waals surface area contributed by atoms with E-state index in [1.54, 1.807) is 0 Å². The van der Waals surface area contributed by atoms with Crippen molar-refractivity contribution in [3.05, 3.63) is 83.9 Å². The van der Waals surface area contributed by atoms with Crippen molar-refractivity contribution in [3.63, 3.8) is 0 Å². The maximum absolute atomic E-state index is 2.24. The van der Waals surface area contributed by atoms with Gasteiger partial charge in [-0.3, -0.25) is 0 Å². The first-order valence-electron chi connectivity index (χ1n) is 7.73. The summed E-state index contributed by atoms with van der Waals surface area (Å²) in [6.45, 7) is 4.36. The van der Waals surface area contributed by atoms with Gasteiger partial charge in [-0.1, -0.05) is 95.1 Å². The SMILES string of the molecule is C.C.C.Cc1cccc2c(-c3cccc4c(C)cccc34)cccc12. The number of hydrogen-bond acceptors (Lipinski definition) is 0. The van der Waals surface area contributed by atoms with Crippen molar-refractivity contribution < 1.29 is 0 Å². The van der Waals surface area contributed by atoms with Crippen LogP contribution in [0, 0.1) is 13.8 Å². The average molecular weight is 331 g/mol. The van der Waals surface area contributed by atoms with Gasteiger partial charge in [0.1, 0.15) is 0 Å². The molecule has 0 spiro atoms. The molecule has 0 heteroatoms. The quantitative estimate of drug-likeness (QED) is 0.330. The Morgan fingerprint density at radius 3 is 1.12 bits per heavy atom. The molecule has 4 aromatic carbocycles. The van der Waals surface area contributed by atoms with E-state index in [1.165, 1.54) is 43.8 Å². The second kappa shape index (κ2) is 7.98. The van der Waals surface area contributed by atoms with Gasteiger partial charge < -0.3 is 0 Å². The van der Waals surface area contributed by atoms with Crippen molar-refractivity contribution in [3.8, 4) is 11.1 Å². The predicted molar refractivity (Wildman–Crippen MR) is 117 cm³/mol. The highest BCUT2D eigenvalue weighted by Crippen LogP contribution is 2.35. The molecule has 0 radical (unpaired) electrons. The minimum Gasteiger partial charge on any atom is -0.0776 e. The fourth-order valence-corrected chi connectivity index (χ4v) is 3.40. The van der Waals surface area contributed by atoms with Crippen molar-refractivity contribution in [1.82, 2.24) is 0 Å².